The van der Waals surface area contributed by atoms with Gasteiger partial charge < -0.3 is 33.6 Å². The van der Waals surface area contributed by atoms with Gasteiger partial charge in [-0.05, 0) is 73.2 Å². The van der Waals surface area contributed by atoms with Gasteiger partial charge >= 0.3 is 0 Å². The van der Waals surface area contributed by atoms with Gasteiger partial charge in [0.25, 0.3) is 11.8 Å². The molecule has 12 heteroatoms. The summed E-state index contributed by atoms with van der Waals surface area (Å²) in [5.74, 6) is -1.63. The standard InChI is InChI=1S/C39H43FN2O9/c1-25(43)30-6-4-5-27(21-30)24-50-20-19-49-18-17-48-16-15-47-14-13-42(39(46)26(2)44)34-23-35-33(22-32(34)28-7-8-28)36(38(45)41-3)37(51-35)29-9-11-31(40)12-10-29/h4-6,9-12,21-23,28H,7-8,13-20,24H2,1-3H3,(H,41,45). The molecule has 0 bridgehead atoms. The molecule has 4 aromatic rings. The molecule has 0 unspecified atom stereocenters. The Morgan fingerprint density at radius 1 is 0.843 bits per heavy atom. The van der Waals surface area contributed by atoms with Crippen LogP contribution in [0.15, 0.2) is 65.1 Å². The molecule has 1 aliphatic rings. The first-order valence-electron chi connectivity index (χ1n) is 17.0. The number of ether oxygens (including phenoxy) is 4. The average Bonchev–Trinajstić information content (AvgIpc) is 3.91. The van der Waals surface area contributed by atoms with E-state index in [0.717, 1.165) is 24.0 Å². The molecule has 0 radical (unpaired) electrons. The van der Waals surface area contributed by atoms with E-state index in [-0.39, 0.29) is 43.1 Å². The molecule has 11 nitrogen and oxygen atoms in total. The maximum absolute atomic E-state index is 13.7. The van der Waals surface area contributed by atoms with Crippen LogP contribution in [0.3, 0.4) is 0 Å². The molecule has 0 spiro atoms. The SMILES string of the molecule is CNC(=O)c1c(-c2ccc(F)cc2)oc2cc(N(CCOCCOCCOCCOCc3cccc(C(C)=O)c3)C(=O)C(C)=O)c(C3CC3)cc12. The number of benzene rings is 3. The van der Waals surface area contributed by atoms with Gasteiger partial charge in [0, 0.05) is 43.1 Å². The summed E-state index contributed by atoms with van der Waals surface area (Å²) < 4.78 is 42.4. The minimum Gasteiger partial charge on any atom is -0.455 e. The van der Waals surface area contributed by atoms with Crippen LogP contribution >= 0.6 is 0 Å². The molecule has 0 saturated heterocycles. The van der Waals surface area contributed by atoms with Crippen molar-refractivity contribution in [3.63, 3.8) is 0 Å². The number of amides is 2. The molecule has 0 atom stereocenters. The van der Waals surface area contributed by atoms with Crippen molar-refractivity contribution in [2.45, 2.75) is 39.2 Å². The van der Waals surface area contributed by atoms with Gasteiger partial charge in [-0.15, -0.1) is 0 Å². The molecule has 51 heavy (non-hydrogen) atoms. The van der Waals surface area contributed by atoms with Crippen molar-refractivity contribution >= 4 is 40.0 Å². The first kappa shape index (κ1) is 37.5. The monoisotopic (exact) mass is 702 g/mol. The molecule has 5 rings (SSSR count). The number of carbonyl (C=O) groups excluding carboxylic acids is 4. The lowest BCUT2D eigenvalue weighted by Crippen LogP contribution is -2.38. The molecule has 1 saturated carbocycles. The van der Waals surface area contributed by atoms with Gasteiger partial charge in [0.05, 0.1) is 64.1 Å². The Labute approximate surface area is 296 Å². The number of nitrogens with zero attached hydrogens (tertiary/aromatic N) is 1. The lowest BCUT2D eigenvalue weighted by molar-refractivity contribution is -0.135. The van der Waals surface area contributed by atoms with Crippen LogP contribution in [-0.4, -0.2) is 83.2 Å². The maximum atomic E-state index is 13.7. The number of hydrogen-bond donors (Lipinski definition) is 1. The highest BCUT2D eigenvalue weighted by molar-refractivity contribution is 6.40. The highest BCUT2D eigenvalue weighted by Crippen LogP contribution is 2.47. The summed E-state index contributed by atoms with van der Waals surface area (Å²) in [5.41, 5.74) is 4.14. The average molecular weight is 703 g/mol. The van der Waals surface area contributed by atoms with E-state index in [1.54, 1.807) is 24.3 Å². The third-order valence-electron chi connectivity index (χ3n) is 8.43. The van der Waals surface area contributed by atoms with Crippen molar-refractivity contribution in [3.8, 4) is 11.3 Å². The topological polar surface area (TPSA) is 134 Å². The Hall–Kier alpha value is -4.75. The smallest absolute Gasteiger partial charge is 0.294 e. The van der Waals surface area contributed by atoms with Gasteiger partial charge in [-0.2, -0.15) is 0 Å². The minimum atomic E-state index is -0.682. The van der Waals surface area contributed by atoms with Crippen LogP contribution in [0.5, 0.6) is 0 Å². The van der Waals surface area contributed by atoms with Gasteiger partial charge in [-0.25, -0.2) is 4.39 Å². The van der Waals surface area contributed by atoms with E-state index < -0.39 is 17.5 Å². The van der Waals surface area contributed by atoms with Crippen LogP contribution < -0.4 is 10.2 Å². The van der Waals surface area contributed by atoms with E-state index in [1.807, 2.05) is 24.3 Å². The largest absolute Gasteiger partial charge is 0.455 e. The van der Waals surface area contributed by atoms with Crippen molar-refractivity contribution in [3.05, 3.63) is 88.7 Å². The van der Waals surface area contributed by atoms with Crippen molar-refractivity contribution in [2.75, 3.05) is 64.7 Å². The Morgan fingerprint density at radius 3 is 2.10 bits per heavy atom. The summed E-state index contributed by atoms with van der Waals surface area (Å²) in [5, 5.41) is 3.23. The van der Waals surface area contributed by atoms with Crippen LogP contribution in [0.1, 0.15) is 64.4 Å². The molecule has 270 valence electrons. The fraction of sp³-hybridized carbons (Fsp3) is 0.385. The van der Waals surface area contributed by atoms with E-state index >= 15 is 0 Å². The number of carbonyl (C=O) groups is 4. The zero-order valence-electron chi connectivity index (χ0n) is 29.1. The number of ketones is 2. The first-order valence-corrected chi connectivity index (χ1v) is 17.0. The Bertz CT molecular complexity index is 1850. The molecule has 1 N–H and O–H groups in total. The summed E-state index contributed by atoms with van der Waals surface area (Å²) in [6.45, 7) is 5.55. The predicted octanol–water partition coefficient (Wildman–Crippen LogP) is 5.87. The summed E-state index contributed by atoms with van der Waals surface area (Å²) in [7, 11) is 1.52. The summed E-state index contributed by atoms with van der Waals surface area (Å²) >= 11 is 0. The quantitative estimate of drug-likeness (QED) is 0.0682. The fourth-order valence-electron chi connectivity index (χ4n) is 5.67. The minimum absolute atomic E-state index is 0.0145. The second kappa shape index (κ2) is 18.0. The van der Waals surface area contributed by atoms with Gasteiger partial charge in [0.2, 0.25) is 5.78 Å². The van der Waals surface area contributed by atoms with E-state index in [9.17, 15) is 23.6 Å². The number of halogens is 1. The summed E-state index contributed by atoms with van der Waals surface area (Å²) in [6, 6.07) is 16.6. The second-order valence-corrected chi connectivity index (χ2v) is 12.2. The van der Waals surface area contributed by atoms with Gasteiger partial charge in [-0.3, -0.25) is 19.2 Å². The van der Waals surface area contributed by atoms with Gasteiger partial charge in [-0.1, -0.05) is 18.2 Å². The Balaban J connectivity index is 1.13. The second-order valence-electron chi connectivity index (χ2n) is 12.2. The van der Waals surface area contributed by atoms with Crippen LogP contribution in [0.2, 0.25) is 0 Å². The first-order chi connectivity index (χ1) is 24.7. The van der Waals surface area contributed by atoms with Crippen molar-refractivity contribution < 1.29 is 46.9 Å². The number of rotatable bonds is 20. The lowest BCUT2D eigenvalue weighted by atomic mass is 9.99. The van der Waals surface area contributed by atoms with Crippen LogP contribution in [0.4, 0.5) is 10.1 Å². The Kier molecular flexibility index (Phi) is 13.2. The molecule has 0 aliphatic heterocycles. The number of anilines is 1. The molecular formula is C39H43FN2O9. The van der Waals surface area contributed by atoms with Crippen molar-refractivity contribution in [2.24, 2.45) is 0 Å². The molecule has 1 aromatic heterocycles. The third-order valence-corrected chi connectivity index (χ3v) is 8.43. The van der Waals surface area contributed by atoms with Crippen LogP contribution in [-0.2, 0) is 35.1 Å². The molecule has 3 aromatic carbocycles. The highest BCUT2D eigenvalue weighted by Gasteiger charge is 2.33. The summed E-state index contributed by atoms with van der Waals surface area (Å²) in [6.07, 6.45) is 1.81. The zero-order chi connectivity index (χ0) is 36.3. The molecule has 1 heterocycles. The zero-order valence-corrected chi connectivity index (χ0v) is 29.1. The number of furan rings is 1. The van der Waals surface area contributed by atoms with Gasteiger partial charge in [0.1, 0.15) is 17.2 Å². The maximum Gasteiger partial charge on any atom is 0.294 e. The normalized spacial score (nSPS) is 12.6. The van der Waals surface area contributed by atoms with Crippen LogP contribution in [0.25, 0.3) is 22.3 Å². The number of fused-ring (bicyclic) bond motifs is 1. The van der Waals surface area contributed by atoms with E-state index in [4.69, 9.17) is 23.4 Å². The van der Waals surface area contributed by atoms with Crippen molar-refractivity contribution in [1.82, 2.24) is 5.32 Å². The fourth-order valence-corrected chi connectivity index (χ4v) is 5.67. The van der Waals surface area contributed by atoms with Crippen molar-refractivity contribution in [1.29, 1.82) is 0 Å². The Morgan fingerprint density at radius 2 is 1.49 bits per heavy atom. The molecule has 1 fully saturated rings. The lowest BCUT2D eigenvalue weighted by Gasteiger charge is -2.24. The molecule has 1 aliphatic carbocycles. The number of hydrogen-bond acceptors (Lipinski definition) is 9. The van der Waals surface area contributed by atoms with E-state index in [1.165, 1.54) is 37.9 Å². The predicted molar refractivity (Wildman–Crippen MR) is 189 cm³/mol. The number of Topliss-reactive ketones (excluding diaryl/α,β-unsaturated/α-hetero) is 2. The van der Waals surface area contributed by atoms with E-state index in [2.05, 4.69) is 5.32 Å². The van der Waals surface area contributed by atoms with Crippen LogP contribution in [0, 0.1) is 5.82 Å². The highest BCUT2D eigenvalue weighted by atomic mass is 19.1. The molecule has 2 amide bonds. The number of nitrogens with one attached hydrogen (secondary N) is 1. The molecular weight excluding hydrogens is 659 g/mol. The summed E-state index contributed by atoms with van der Waals surface area (Å²) in [4.78, 5) is 51.6. The third kappa shape index (κ3) is 9.95. The van der Waals surface area contributed by atoms with E-state index in [0.29, 0.717) is 73.0 Å². The van der Waals surface area contributed by atoms with Gasteiger partial charge in [0.15, 0.2) is 5.78 Å².